The van der Waals surface area contributed by atoms with E-state index >= 15 is 0 Å². The SMILES string of the molecule is CCOC(=O)c1noc(C2CCCC(C(F)(F)F)C2)n1. The molecule has 0 radical (unpaired) electrons. The Hall–Kier alpha value is -1.60. The highest BCUT2D eigenvalue weighted by atomic mass is 19.4. The highest BCUT2D eigenvalue weighted by molar-refractivity contribution is 5.84. The zero-order valence-corrected chi connectivity index (χ0v) is 10.9. The lowest BCUT2D eigenvalue weighted by Gasteiger charge is -2.28. The molecule has 0 amide bonds. The minimum absolute atomic E-state index is 0.0754. The van der Waals surface area contributed by atoms with Gasteiger partial charge in [0.15, 0.2) is 0 Å². The van der Waals surface area contributed by atoms with Gasteiger partial charge in [-0.2, -0.15) is 18.2 Å². The highest BCUT2D eigenvalue weighted by Crippen LogP contribution is 2.43. The van der Waals surface area contributed by atoms with E-state index in [4.69, 9.17) is 9.26 Å². The van der Waals surface area contributed by atoms with Gasteiger partial charge in [-0.3, -0.25) is 0 Å². The Kier molecular flexibility index (Phi) is 4.29. The molecule has 8 heteroatoms. The molecular formula is C12H15F3N2O3. The normalized spacial score (nSPS) is 23.6. The molecule has 1 aliphatic rings. The van der Waals surface area contributed by atoms with E-state index in [2.05, 4.69) is 10.1 Å². The Morgan fingerprint density at radius 2 is 2.20 bits per heavy atom. The van der Waals surface area contributed by atoms with Crippen molar-refractivity contribution in [2.75, 3.05) is 6.61 Å². The standard InChI is InChI=1S/C12H15F3N2O3/c1-2-19-11(18)9-16-10(20-17-9)7-4-3-5-8(6-7)12(13,14)15/h7-8H,2-6H2,1H3. The topological polar surface area (TPSA) is 65.2 Å². The minimum atomic E-state index is -4.21. The van der Waals surface area contributed by atoms with Crippen LogP contribution < -0.4 is 0 Å². The van der Waals surface area contributed by atoms with Crippen molar-refractivity contribution in [1.29, 1.82) is 0 Å². The van der Waals surface area contributed by atoms with Crippen molar-refractivity contribution < 1.29 is 27.2 Å². The molecule has 2 atom stereocenters. The van der Waals surface area contributed by atoms with Gasteiger partial charge in [0.25, 0.3) is 5.82 Å². The third-order valence-corrected chi connectivity index (χ3v) is 3.39. The molecule has 5 nitrogen and oxygen atoms in total. The summed E-state index contributed by atoms with van der Waals surface area (Å²) in [7, 11) is 0. The molecule has 0 aromatic carbocycles. The van der Waals surface area contributed by atoms with Gasteiger partial charge in [0, 0.05) is 5.92 Å². The van der Waals surface area contributed by atoms with Crippen LogP contribution in [0.1, 0.15) is 55.0 Å². The predicted molar refractivity (Wildman–Crippen MR) is 61.0 cm³/mol. The molecule has 1 heterocycles. The molecule has 1 aliphatic carbocycles. The number of ether oxygens (including phenoxy) is 1. The van der Waals surface area contributed by atoms with Crippen LogP contribution in [-0.2, 0) is 4.74 Å². The first-order valence-electron chi connectivity index (χ1n) is 6.49. The maximum absolute atomic E-state index is 12.7. The fourth-order valence-electron chi connectivity index (χ4n) is 2.39. The van der Waals surface area contributed by atoms with E-state index in [-0.39, 0.29) is 31.2 Å². The lowest BCUT2D eigenvalue weighted by Crippen LogP contribution is -2.28. The number of rotatable bonds is 3. The third-order valence-electron chi connectivity index (χ3n) is 3.39. The van der Waals surface area contributed by atoms with Crippen LogP contribution in [0.25, 0.3) is 0 Å². The Labute approximate surface area is 113 Å². The summed E-state index contributed by atoms with van der Waals surface area (Å²) in [6.45, 7) is 1.80. The van der Waals surface area contributed by atoms with Crippen LogP contribution >= 0.6 is 0 Å². The van der Waals surface area contributed by atoms with Crippen molar-refractivity contribution in [1.82, 2.24) is 10.1 Å². The number of carbonyl (C=O) groups is 1. The van der Waals surface area contributed by atoms with Crippen molar-refractivity contribution in [3.8, 4) is 0 Å². The summed E-state index contributed by atoms with van der Waals surface area (Å²) in [4.78, 5) is 15.2. The molecule has 0 bridgehead atoms. The van der Waals surface area contributed by atoms with Crippen LogP contribution in [0.4, 0.5) is 13.2 Å². The first kappa shape index (κ1) is 14.8. The average Bonchev–Trinajstić information content (AvgIpc) is 2.88. The molecule has 20 heavy (non-hydrogen) atoms. The maximum atomic E-state index is 12.7. The molecule has 2 unspecified atom stereocenters. The number of hydrogen-bond donors (Lipinski definition) is 0. The average molecular weight is 292 g/mol. The molecule has 0 N–H and O–H groups in total. The fourth-order valence-corrected chi connectivity index (χ4v) is 2.39. The van der Waals surface area contributed by atoms with Crippen molar-refractivity contribution in [3.05, 3.63) is 11.7 Å². The molecule has 1 aromatic heterocycles. The van der Waals surface area contributed by atoms with Gasteiger partial charge in [-0.25, -0.2) is 4.79 Å². The van der Waals surface area contributed by atoms with Gasteiger partial charge in [-0.05, 0) is 31.3 Å². The van der Waals surface area contributed by atoms with Crippen molar-refractivity contribution in [2.45, 2.75) is 44.7 Å². The van der Waals surface area contributed by atoms with E-state index in [9.17, 15) is 18.0 Å². The smallest absolute Gasteiger partial charge is 0.391 e. The second-order valence-corrected chi connectivity index (χ2v) is 4.78. The number of nitrogens with zero attached hydrogens (tertiary/aromatic N) is 2. The first-order chi connectivity index (χ1) is 9.41. The molecule has 1 aromatic rings. The van der Waals surface area contributed by atoms with E-state index in [1.54, 1.807) is 6.92 Å². The van der Waals surface area contributed by atoms with E-state index in [1.807, 2.05) is 0 Å². The summed E-state index contributed by atoms with van der Waals surface area (Å²) in [5.41, 5.74) is 0. The number of esters is 1. The summed E-state index contributed by atoms with van der Waals surface area (Å²) in [6, 6.07) is 0. The van der Waals surface area contributed by atoms with Gasteiger partial charge in [-0.15, -0.1) is 0 Å². The quantitative estimate of drug-likeness (QED) is 0.801. The molecule has 0 saturated heterocycles. The minimum Gasteiger partial charge on any atom is -0.460 e. The van der Waals surface area contributed by atoms with Gasteiger partial charge in [0.2, 0.25) is 5.89 Å². The Balaban J connectivity index is 2.06. The van der Waals surface area contributed by atoms with Crippen molar-refractivity contribution in [2.24, 2.45) is 5.92 Å². The predicted octanol–water partition coefficient (Wildman–Crippen LogP) is 3.08. The van der Waals surface area contributed by atoms with Crippen LogP contribution in [0.5, 0.6) is 0 Å². The molecule has 0 aliphatic heterocycles. The summed E-state index contributed by atoms with van der Waals surface area (Å²) in [5, 5.41) is 3.46. The zero-order valence-electron chi connectivity index (χ0n) is 10.9. The summed E-state index contributed by atoms with van der Waals surface area (Å²) >= 11 is 0. The van der Waals surface area contributed by atoms with Gasteiger partial charge < -0.3 is 9.26 Å². The maximum Gasteiger partial charge on any atom is 0.391 e. The van der Waals surface area contributed by atoms with Crippen LogP contribution in [0.2, 0.25) is 0 Å². The zero-order chi connectivity index (χ0) is 14.8. The van der Waals surface area contributed by atoms with Crippen molar-refractivity contribution in [3.63, 3.8) is 0 Å². The van der Waals surface area contributed by atoms with Crippen LogP contribution in [0, 0.1) is 5.92 Å². The van der Waals surface area contributed by atoms with Gasteiger partial charge in [0.05, 0.1) is 12.5 Å². The van der Waals surface area contributed by atoms with Gasteiger partial charge >= 0.3 is 12.1 Å². The lowest BCUT2D eigenvalue weighted by molar-refractivity contribution is -0.183. The lowest BCUT2D eigenvalue weighted by atomic mass is 9.81. The van der Waals surface area contributed by atoms with Gasteiger partial charge in [0.1, 0.15) is 0 Å². The van der Waals surface area contributed by atoms with Crippen molar-refractivity contribution >= 4 is 5.97 Å². The molecule has 112 valence electrons. The molecular weight excluding hydrogens is 277 g/mol. The highest BCUT2D eigenvalue weighted by Gasteiger charge is 2.43. The first-order valence-corrected chi connectivity index (χ1v) is 6.49. The number of alkyl halides is 3. The summed E-state index contributed by atoms with van der Waals surface area (Å²) in [6.07, 6.45) is -3.15. The summed E-state index contributed by atoms with van der Waals surface area (Å²) < 4.78 is 47.8. The van der Waals surface area contributed by atoms with E-state index < -0.39 is 24.0 Å². The van der Waals surface area contributed by atoms with Crippen LogP contribution in [0.3, 0.4) is 0 Å². The molecule has 1 fully saturated rings. The Bertz CT molecular complexity index is 473. The third kappa shape index (κ3) is 3.29. The van der Waals surface area contributed by atoms with Crippen LogP contribution in [0.15, 0.2) is 4.52 Å². The van der Waals surface area contributed by atoms with E-state index in [0.717, 1.165) is 0 Å². The van der Waals surface area contributed by atoms with Crippen LogP contribution in [-0.4, -0.2) is 28.9 Å². The number of hydrogen-bond acceptors (Lipinski definition) is 5. The molecule has 0 spiro atoms. The molecule has 1 saturated carbocycles. The second kappa shape index (κ2) is 5.80. The largest absolute Gasteiger partial charge is 0.460 e. The summed E-state index contributed by atoms with van der Waals surface area (Å²) in [5.74, 6) is -2.69. The number of halogens is 3. The van der Waals surface area contributed by atoms with Gasteiger partial charge in [-0.1, -0.05) is 6.42 Å². The molecule has 2 rings (SSSR count). The van der Waals surface area contributed by atoms with E-state index in [0.29, 0.717) is 12.8 Å². The number of aromatic nitrogens is 2. The second-order valence-electron chi connectivity index (χ2n) is 4.78. The number of carbonyl (C=O) groups excluding carboxylic acids is 1. The fraction of sp³-hybridized carbons (Fsp3) is 0.750. The Morgan fingerprint density at radius 1 is 1.45 bits per heavy atom. The Morgan fingerprint density at radius 3 is 2.85 bits per heavy atom. The van der Waals surface area contributed by atoms with E-state index in [1.165, 1.54) is 0 Å². The monoisotopic (exact) mass is 292 g/mol.